The SMILES string of the molecule is CC(=O)NC(CCCC(=O)c1cccs1)C(=O)O. The fraction of sp³-hybridized carbons (Fsp3) is 0.417. The van der Waals surface area contributed by atoms with E-state index in [1.807, 2.05) is 5.38 Å². The first-order valence-corrected chi connectivity index (χ1v) is 6.45. The zero-order valence-corrected chi connectivity index (χ0v) is 10.8. The molecule has 1 aromatic rings. The summed E-state index contributed by atoms with van der Waals surface area (Å²) in [5, 5.41) is 13.0. The zero-order chi connectivity index (χ0) is 13.5. The van der Waals surface area contributed by atoms with Crippen LogP contribution in [0.5, 0.6) is 0 Å². The molecule has 1 amide bonds. The molecule has 1 unspecified atom stereocenters. The van der Waals surface area contributed by atoms with E-state index in [4.69, 9.17) is 5.11 Å². The van der Waals surface area contributed by atoms with Crippen LogP contribution in [0.4, 0.5) is 0 Å². The number of carboxylic acids is 1. The Bertz CT molecular complexity index is 427. The van der Waals surface area contributed by atoms with E-state index in [-0.39, 0.29) is 18.1 Å². The molecule has 18 heavy (non-hydrogen) atoms. The number of carboxylic acid groups (broad SMARTS) is 1. The zero-order valence-electron chi connectivity index (χ0n) is 10.0. The van der Waals surface area contributed by atoms with Gasteiger partial charge in [-0.25, -0.2) is 4.79 Å². The topological polar surface area (TPSA) is 83.5 Å². The molecule has 0 saturated carbocycles. The molecule has 0 bridgehead atoms. The Hall–Kier alpha value is -1.69. The minimum atomic E-state index is -1.08. The molecule has 2 N–H and O–H groups in total. The van der Waals surface area contributed by atoms with Gasteiger partial charge in [-0.05, 0) is 24.3 Å². The van der Waals surface area contributed by atoms with Gasteiger partial charge in [0.25, 0.3) is 0 Å². The van der Waals surface area contributed by atoms with Crippen LogP contribution in [0.3, 0.4) is 0 Å². The van der Waals surface area contributed by atoms with Crippen LogP contribution in [0.15, 0.2) is 17.5 Å². The number of hydrogen-bond acceptors (Lipinski definition) is 4. The summed E-state index contributed by atoms with van der Waals surface area (Å²) in [5.41, 5.74) is 0. The predicted octanol–water partition coefficient (Wildman–Crippen LogP) is 1.69. The molecule has 6 heteroatoms. The number of nitrogens with one attached hydrogen (secondary N) is 1. The van der Waals surface area contributed by atoms with Gasteiger partial charge in [0.1, 0.15) is 6.04 Å². The second-order valence-electron chi connectivity index (χ2n) is 3.88. The van der Waals surface area contributed by atoms with Crippen LogP contribution in [0, 0.1) is 0 Å². The Morgan fingerprint density at radius 3 is 2.67 bits per heavy atom. The molecule has 98 valence electrons. The van der Waals surface area contributed by atoms with Crippen molar-refractivity contribution in [1.29, 1.82) is 0 Å². The van der Waals surface area contributed by atoms with Crippen LogP contribution < -0.4 is 5.32 Å². The lowest BCUT2D eigenvalue weighted by molar-refractivity contribution is -0.141. The third-order valence-electron chi connectivity index (χ3n) is 2.37. The highest BCUT2D eigenvalue weighted by atomic mass is 32.1. The van der Waals surface area contributed by atoms with E-state index in [1.54, 1.807) is 12.1 Å². The maximum atomic E-state index is 11.7. The van der Waals surface area contributed by atoms with Crippen molar-refractivity contribution >= 4 is 29.0 Å². The van der Waals surface area contributed by atoms with Gasteiger partial charge in [0, 0.05) is 13.3 Å². The van der Waals surface area contributed by atoms with Crippen molar-refractivity contribution in [3.63, 3.8) is 0 Å². The summed E-state index contributed by atoms with van der Waals surface area (Å²) in [6, 6.07) is 2.63. The Morgan fingerprint density at radius 2 is 2.17 bits per heavy atom. The standard InChI is InChI=1S/C12H15NO4S/c1-8(14)13-9(12(16)17)4-2-5-10(15)11-6-3-7-18-11/h3,6-7,9H,2,4-5H2,1H3,(H,13,14)(H,16,17). The van der Waals surface area contributed by atoms with Crippen LogP contribution in [-0.2, 0) is 9.59 Å². The Labute approximate surface area is 109 Å². The summed E-state index contributed by atoms with van der Waals surface area (Å²) in [4.78, 5) is 34.0. The average Bonchev–Trinajstić information content (AvgIpc) is 2.80. The van der Waals surface area contributed by atoms with Crippen molar-refractivity contribution < 1.29 is 19.5 Å². The molecule has 0 aromatic carbocycles. The summed E-state index contributed by atoms with van der Waals surface area (Å²) >= 11 is 1.37. The number of thiophene rings is 1. The molecule has 1 atom stereocenters. The fourth-order valence-corrected chi connectivity index (χ4v) is 2.22. The molecule has 1 rings (SSSR count). The monoisotopic (exact) mass is 269 g/mol. The second kappa shape index (κ2) is 6.90. The minimum absolute atomic E-state index is 0.0111. The maximum Gasteiger partial charge on any atom is 0.326 e. The molecular formula is C12H15NO4S. The van der Waals surface area contributed by atoms with Crippen molar-refractivity contribution in [2.45, 2.75) is 32.2 Å². The predicted molar refractivity (Wildman–Crippen MR) is 67.7 cm³/mol. The molecule has 0 aliphatic rings. The number of rotatable bonds is 7. The molecule has 1 heterocycles. The fourth-order valence-electron chi connectivity index (χ4n) is 1.53. The van der Waals surface area contributed by atoms with Crippen LogP contribution >= 0.6 is 11.3 Å². The highest BCUT2D eigenvalue weighted by Crippen LogP contribution is 2.13. The van der Waals surface area contributed by atoms with E-state index in [0.29, 0.717) is 17.7 Å². The van der Waals surface area contributed by atoms with Crippen LogP contribution in [0.1, 0.15) is 35.9 Å². The molecular weight excluding hydrogens is 254 g/mol. The van der Waals surface area contributed by atoms with E-state index < -0.39 is 12.0 Å². The van der Waals surface area contributed by atoms with Gasteiger partial charge in [-0.2, -0.15) is 0 Å². The first-order valence-electron chi connectivity index (χ1n) is 5.57. The van der Waals surface area contributed by atoms with Gasteiger partial charge in [-0.1, -0.05) is 6.07 Å². The first-order chi connectivity index (χ1) is 8.50. The van der Waals surface area contributed by atoms with E-state index in [9.17, 15) is 14.4 Å². The van der Waals surface area contributed by atoms with Gasteiger partial charge < -0.3 is 10.4 Å². The number of amides is 1. The number of ketones is 1. The number of Topliss-reactive ketones (excluding diaryl/α,β-unsaturated/α-hetero) is 1. The number of carbonyl (C=O) groups is 3. The summed E-state index contributed by atoms with van der Waals surface area (Å²) in [5.74, 6) is -1.45. The lowest BCUT2D eigenvalue weighted by atomic mass is 10.1. The van der Waals surface area contributed by atoms with Crippen molar-refractivity contribution in [2.75, 3.05) is 0 Å². The highest BCUT2D eigenvalue weighted by Gasteiger charge is 2.18. The van der Waals surface area contributed by atoms with Gasteiger partial charge in [0.05, 0.1) is 4.88 Å². The average molecular weight is 269 g/mol. The Morgan fingerprint density at radius 1 is 1.44 bits per heavy atom. The smallest absolute Gasteiger partial charge is 0.326 e. The molecule has 0 aliphatic heterocycles. The first kappa shape index (κ1) is 14.4. The van der Waals surface area contributed by atoms with Gasteiger partial charge in [0.15, 0.2) is 5.78 Å². The second-order valence-corrected chi connectivity index (χ2v) is 4.83. The molecule has 0 spiro atoms. The normalized spacial score (nSPS) is 11.8. The molecule has 5 nitrogen and oxygen atoms in total. The number of aliphatic carboxylic acids is 1. The molecule has 0 aliphatic carbocycles. The van der Waals surface area contributed by atoms with E-state index in [1.165, 1.54) is 18.3 Å². The highest BCUT2D eigenvalue weighted by molar-refractivity contribution is 7.12. The molecule has 0 saturated heterocycles. The third-order valence-corrected chi connectivity index (χ3v) is 3.28. The van der Waals surface area contributed by atoms with Crippen LogP contribution in [0.2, 0.25) is 0 Å². The summed E-state index contributed by atoms with van der Waals surface area (Å²) in [6.07, 6.45) is 0.990. The van der Waals surface area contributed by atoms with E-state index >= 15 is 0 Å². The van der Waals surface area contributed by atoms with Gasteiger partial charge >= 0.3 is 5.97 Å². The van der Waals surface area contributed by atoms with Crippen molar-refractivity contribution in [1.82, 2.24) is 5.32 Å². The molecule has 0 radical (unpaired) electrons. The van der Waals surface area contributed by atoms with Gasteiger partial charge in [-0.15, -0.1) is 11.3 Å². The van der Waals surface area contributed by atoms with Crippen LogP contribution in [0.25, 0.3) is 0 Å². The summed E-state index contributed by atoms with van der Waals surface area (Å²) < 4.78 is 0. The van der Waals surface area contributed by atoms with Crippen molar-refractivity contribution in [3.8, 4) is 0 Å². The molecule has 1 aromatic heterocycles. The largest absolute Gasteiger partial charge is 0.480 e. The van der Waals surface area contributed by atoms with Gasteiger partial charge in [-0.3, -0.25) is 9.59 Å². The molecule has 0 fully saturated rings. The number of hydrogen-bond donors (Lipinski definition) is 2. The third kappa shape index (κ3) is 4.67. The van der Waals surface area contributed by atoms with Crippen LogP contribution in [-0.4, -0.2) is 28.8 Å². The van der Waals surface area contributed by atoms with E-state index in [0.717, 1.165) is 0 Å². The van der Waals surface area contributed by atoms with Crippen molar-refractivity contribution in [3.05, 3.63) is 22.4 Å². The lowest BCUT2D eigenvalue weighted by Crippen LogP contribution is -2.39. The Kier molecular flexibility index (Phi) is 5.51. The minimum Gasteiger partial charge on any atom is -0.480 e. The quantitative estimate of drug-likeness (QED) is 0.738. The lowest BCUT2D eigenvalue weighted by Gasteiger charge is -2.12. The maximum absolute atomic E-state index is 11.7. The van der Waals surface area contributed by atoms with E-state index in [2.05, 4.69) is 5.32 Å². The number of carbonyl (C=O) groups excluding carboxylic acids is 2. The van der Waals surface area contributed by atoms with Crippen molar-refractivity contribution in [2.24, 2.45) is 0 Å². The Balaban J connectivity index is 2.37. The summed E-state index contributed by atoms with van der Waals surface area (Å²) in [6.45, 7) is 1.27. The summed E-state index contributed by atoms with van der Waals surface area (Å²) in [7, 11) is 0. The van der Waals surface area contributed by atoms with Gasteiger partial charge in [0.2, 0.25) is 5.91 Å².